The van der Waals surface area contributed by atoms with Gasteiger partial charge in [-0.05, 0) is 67.5 Å². The molecule has 0 radical (unpaired) electrons. The van der Waals surface area contributed by atoms with Gasteiger partial charge in [0.2, 0.25) is 10.0 Å². The molecule has 0 aliphatic heterocycles. The minimum Gasteiger partial charge on any atom is -0.492 e. The lowest BCUT2D eigenvalue weighted by Gasteiger charge is -2.19. The number of aryl methyl sites for hydroxylation is 1. The monoisotopic (exact) mass is 625 g/mol. The summed E-state index contributed by atoms with van der Waals surface area (Å²) in [4.78, 5) is 18.3. The zero-order valence-electron chi connectivity index (χ0n) is 25.8. The third kappa shape index (κ3) is 6.05. The molecule has 0 bridgehead atoms. The molecule has 45 heavy (non-hydrogen) atoms. The van der Waals surface area contributed by atoms with Crippen molar-refractivity contribution < 1.29 is 17.9 Å². The van der Waals surface area contributed by atoms with Crippen molar-refractivity contribution in [2.75, 3.05) is 23.4 Å². The van der Waals surface area contributed by atoms with Gasteiger partial charge in [0.15, 0.2) is 5.75 Å². The van der Waals surface area contributed by atoms with Gasteiger partial charge >= 0.3 is 0 Å². The van der Waals surface area contributed by atoms with Gasteiger partial charge in [0.05, 0.1) is 48.5 Å². The first-order valence-electron chi connectivity index (χ1n) is 14.7. The number of carbonyl (C=O) groups excluding carboxylic acids is 1. The predicted molar refractivity (Wildman–Crippen MR) is 174 cm³/mol. The summed E-state index contributed by atoms with van der Waals surface area (Å²) < 4.78 is 36.1. The normalized spacial score (nSPS) is 13.8. The number of amides is 1. The maximum Gasteiger partial charge on any atom is 0.255 e. The van der Waals surface area contributed by atoms with Crippen LogP contribution in [0.15, 0.2) is 73.1 Å². The number of rotatable bonds is 10. The average Bonchev–Trinajstić information content (AvgIpc) is 3.38. The lowest BCUT2D eigenvalue weighted by Crippen LogP contribution is -2.17. The summed E-state index contributed by atoms with van der Waals surface area (Å²) in [6, 6.07) is 19.0. The SMILES string of the molecule is CCn1c(-c2cn(-c3cc(C(=O)Nc4cc(C5(C)CC5)cc(NS(C)(=O)=O)c4OC)ccc3C)nn2)cnc1-c1ccccc1. The minimum absolute atomic E-state index is 0.0868. The summed E-state index contributed by atoms with van der Waals surface area (Å²) >= 11 is 0. The van der Waals surface area contributed by atoms with Crippen LogP contribution in [-0.4, -0.2) is 52.2 Å². The molecule has 6 rings (SSSR count). The molecule has 1 aliphatic carbocycles. The second kappa shape index (κ2) is 11.5. The summed E-state index contributed by atoms with van der Waals surface area (Å²) in [7, 11) is -2.15. The number of sulfonamides is 1. The van der Waals surface area contributed by atoms with Crippen LogP contribution >= 0.6 is 0 Å². The number of methoxy groups -OCH3 is 1. The highest BCUT2D eigenvalue weighted by molar-refractivity contribution is 7.92. The Hall–Kier alpha value is -4.97. The molecule has 5 aromatic rings. The van der Waals surface area contributed by atoms with Crippen molar-refractivity contribution in [1.82, 2.24) is 24.5 Å². The molecule has 1 fully saturated rings. The van der Waals surface area contributed by atoms with Gasteiger partial charge in [-0.3, -0.25) is 9.52 Å². The molecule has 0 unspecified atom stereocenters. The zero-order chi connectivity index (χ0) is 31.9. The smallest absolute Gasteiger partial charge is 0.255 e. The highest BCUT2D eigenvalue weighted by atomic mass is 32.2. The molecular weight excluding hydrogens is 590 g/mol. The number of carbonyl (C=O) groups is 1. The largest absolute Gasteiger partial charge is 0.492 e. The minimum atomic E-state index is -3.59. The summed E-state index contributed by atoms with van der Waals surface area (Å²) in [5, 5.41) is 11.8. The Morgan fingerprint density at radius 3 is 2.47 bits per heavy atom. The van der Waals surface area contributed by atoms with Gasteiger partial charge in [0.25, 0.3) is 5.91 Å². The van der Waals surface area contributed by atoms with Crippen molar-refractivity contribution in [2.24, 2.45) is 0 Å². The Bertz CT molecular complexity index is 2010. The lowest BCUT2D eigenvalue weighted by atomic mass is 9.96. The Kier molecular flexibility index (Phi) is 7.69. The van der Waals surface area contributed by atoms with Gasteiger partial charge in [-0.25, -0.2) is 18.1 Å². The summed E-state index contributed by atoms with van der Waals surface area (Å²) in [5.41, 5.74) is 5.98. The maximum atomic E-state index is 13.6. The molecule has 0 saturated heterocycles. The predicted octanol–water partition coefficient (Wildman–Crippen LogP) is 5.81. The van der Waals surface area contributed by atoms with Crippen LogP contribution in [0, 0.1) is 6.92 Å². The van der Waals surface area contributed by atoms with Gasteiger partial charge in [-0.2, -0.15) is 0 Å². The quantitative estimate of drug-likeness (QED) is 0.200. The van der Waals surface area contributed by atoms with Crippen molar-refractivity contribution in [1.29, 1.82) is 0 Å². The van der Waals surface area contributed by atoms with Crippen LogP contribution in [0.2, 0.25) is 0 Å². The molecule has 3 aromatic carbocycles. The van der Waals surface area contributed by atoms with Crippen molar-refractivity contribution in [3.63, 3.8) is 0 Å². The molecule has 1 saturated carbocycles. The highest BCUT2D eigenvalue weighted by Crippen LogP contribution is 2.51. The fraction of sp³-hybridized carbons (Fsp3) is 0.273. The molecule has 2 heterocycles. The fourth-order valence-corrected chi connectivity index (χ4v) is 6.00. The second-order valence-electron chi connectivity index (χ2n) is 11.6. The van der Waals surface area contributed by atoms with E-state index in [9.17, 15) is 13.2 Å². The number of hydrogen-bond donors (Lipinski definition) is 2. The zero-order valence-corrected chi connectivity index (χ0v) is 26.6. The number of aromatic nitrogens is 5. The fourth-order valence-electron chi connectivity index (χ4n) is 5.45. The Morgan fingerprint density at radius 1 is 1.07 bits per heavy atom. The highest BCUT2D eigenvalue weighted by Gasteiger charge is 2.40. The number of imidazole rings is 1. The topological polar surface area (TPSA) is 133 Å². The summed E-state index contributed by atoms with van der Waals surface area (Å²) in [6.45, 7) is 6.81. The van der Waals surface area contributed by atoms with Crippen molar-refractivity contribution in [3.8, 4) is 34.2 Å². The molecule has 0 spiro atoms. The molecule has 12 heteroatoms. The second-order valence-corrected chi connectivity index (χ2v) is 13.4. The lowest BCUT2D eigenvalue weighted by molar-refractivity contribution is 0.102. The van der Waals surface area contributed by atoms with E-state index in [0.29, 0.717) is 29.2 Å². The van der Waals surface area contributed by atoms with Gasteiger partial charge < -0.3 is 14.6 Å². The van der Waals surface area contributed by atoms with E-state index in [1.54, 1.807) is 29.1 Å². The van der Waals surface area contributed by atoms with E-state index in [-0.39, 0.29) is 22.8 Å². The average molecular weight is 626 g/mol. The molecule has 0 atom stereocenters. The van der Waals surface area contributed by atoms with Crippen LogP contribution in [0.25, 0.3) is 28.5 Å². The van der Waals surface area contributed by atoms with Crippen LogP contribution in [-0.2, 0) is 22.0 Å². The van der Waals surface area contributed by atoms with Crippen LogP contribution < -0.4 is 14.8 Å². The first kappa shape index (κ1) is 30.1. The van der Waals surface area contributed by atoms with Gasteiger partial charge in [-0.15, -0.1) is 5.10 Å². The number of benzene rings is 3. The van der Waals surface area contributed by atoms with Crippen LogP contribution in [0.1, 0.15) is 48.2 Å². The maximum absolute atomic E-state index is 13.6. The molecule has 232 valence electrons. The van der Waals surface area contributed by atoms with E-state index in [1.165, 1.54) is 7.11 Å². The van der Waals surface area contributed by atoms with Crippen LogP contribution in [0.5, 0.6) is 5.75 Å². The third-order valence-electron chi connectivity index (χ3n) is 8.21. The molecular formula is C33H35N7O4S. The van der Waals surface area contributed by atoms with Crippen molar-refractivity contribution >= 4 is 27.3 Å². The Balaban J connectivity index is 1.31. The Labute approximate surface area is 262 Å². The number of ether oxygens (including phenoxy) is 1. The van der Waals surface area contributed by atoms with Crippen molar-refractivity contribution in [2.45, 2.75) is 45.6 Å². The molecule has 1 amide bonds. The van der Waals surface area contributed by atoms with E-state index in [0.717, 1.165) is 47.3 Å². The van der Waals surface area contributed by atoms with E-state index in [1.807, 2.05) is 55.6 Å². The molecule has 11 nitrogen and oxygen atoms in total. The van der Waals surface area contributed by atoms with Crippen LogP contribution in [0.4, 0.5) is 11.4 Å². The van der Waals surface area contributed by atoms with Crippen LogP contribution in [0.3, 0.4) is 0 Å². The standard InChI is InChI=1S/C33H35N7O4S/c1-6-39-29(19-34-31(39)22-10-8-7-9-11-22)27-20-40(38-36-27)28-16-23(13-12-21(28)2)32(41)35-25-17-24(33(3)14-15-33)18-26(30(25)44-4)37-45(5,42)43/h7-13,16-20,37H,6,14-15H2,1-5H3,(H,35,41). The van der Waals surface area contributed by atoms with E-state index >= 15 is 0 Å². The van der Waals surface area contributed by atoms with Crippen molar-refractivity contribution in [3.05, 3.63) is 89.7 Å². The molecule has 2 aromatic heterocycles. The number of anilines is 2. The third-order valence-corrected chi connectivity index (χ3v) is 8.80. The summed E-state index contributed by atoms with van der Waals surface area (Å²) in [6.07, 6.45) is 6.65. The molecule has 2 N–H and O–H groups in total. The van der Waals surface area contributed by atoms with Gasteiger partial charge in [0.1, 0.15) is 11.5 Å². The first-order chi connectivity index (χ1) is 21.5. The number of hydrogen-bond acceptors (Lipinski definition) is 7. The van der Waals surface area contributed by atoms with E-state index in [4.69, 9.17) is 4.74 Å². The van der Waals surface area contributed by atoms with Gasteiger partial charge in [0, 0.05) is 17.7 Å². The summed E-state index contributed by atoms with van der Waals surface area (Å²) in [5.74, 6) is 0.704. The van der Waals surface area contributed by atoms with E-state index in [2.05, 4.69) is 43.7 Å². The number of nitrogens with one attached hydrogen (secondary N) is 2. The van der Waals surface area contributed by atoms with E-state index < -0.39 is 10.0 Å². The first-order valence-corrected chi connectivity index (χ1v) is 16.5. The molecule has 1 aliphatic rings. The number of nitrogens with zero attached hydrogens (tertiary/aromatic N) is 5. The van der Waals surface area contributed by atoms with Gasteiger partial charge in [-0.1, -0.05) is 48.5 Å². The Morgan fingerprint density at radius 2 is 1.80 bits per heavy atom.